The Hall–Kier alpha value is -1.55. The molecule has 1 aromatic carbocycles. The van der Waals surface area contributed by atoms with E-state index in [0.29, 0.717) is 13.0 Å². The third-order valence-electron chi connectivity index (χ3n) is 2.55. The summed E-state index contributed by atoms with van der Waals surface area (Å²) in [5.41, 5.74) is 2.09. The van der Waals surface area contributed by atoms with E-state index in [1.54, 1.807) is 6.92 Å². The van der Waals surface area contributed by atoms with Gasteiger partial charge in [-0.3, -0.25) is 0 Å². The van der Waals surface area contributed by atoms with E-state index in [9.17, 15) is 4.79 Å². The van der Waals surface area contributed by atoms with E-state index in [-0.39, 0.29) is 0 Å². The molecule has 1 unspecified atom stereocenters. The molecule has 0 aliphatic carbocycles. The van der Waals surface area contributed by atoms with E-state index in [1.807, 2.05) is 43.3 Å². The Bertz CT molecular complexity index is 359. The van der Waals surface area contributed by atoms with E-state index >= 15 is 0 Å². The maximum absolute atomic E-state index is 10.8. The van der Waals surface area contributed by atoms with Crippen molar-refractivity contribution in [2.75, 3.05) is 19.0 Å². The van der Waals surface area contributed by atoms with Crippen LogP contribution in [0.25, 0.3) is 0 Å². The van der Waals surface area contributed by atoms with Crippen LogP contribution in [0.2, 0.25) is 0 Å². The van der Waals surface area contributed by atoms with Crippen LogP contribution in [-0.2, 0) is 16.1 Å². The summed E-state index contributed by atoms with van der Waals surface area (Å²) in [5, 5.41) is 8.84. The Morgan fingerprint density at radius 2 is 1.94 bits per heavy atom. The van der Waals surface area contributed by atoms with Gasteiger partial charge in [0.15, 0.2) is 6.10 Å². The van der Waals surface area contributed by atoms with Crippen LogP contribution in [0.3, 0.4) is 0 Å². The van der Waals surface area contributed by atoms with Crippen LogP contribution in [0.5, 0.6) is 0 Å². The van der Waals surface area contributed by atoms with Gasteiger partial charge in [0.1, 0.15) is 0 Å². The van der Waals surface area contributed by atoms with Crippen LogP contribution >= 0.6 is 0 Å². The maximum atomic E-state index is 10.8. The van der Waals surface area contributed by atoms with Gasteiger partial charge >= 0.3 is 5.97 Å². The summed E-state index contributed by atoms with van der Waals surface area (Å²) in [6.45, 7) is 2.13. The minimum atomic E-state index is -0.905. The van der Waals surface area contributed by atoms with Gasteiger partial charge in [0.05, 0.1) is 6.61 Å². The Labute approximate surface area is 102 Å². The smallest absolute Gasteiger partial charge is 0.332 e. The zero-order chi connectivity index (χ0) is 12.8. The Morgan fingerprint density at radius 1 is 1.35 bits per heavy atom. The van der Waals surface area contributed by atoms with Gasteiger partial charge in [-0.2, -0.15) is 0 Å². The summed E-state index contributed by atoms with van der Waals surface area (Å²) in [5.74, 6) is -0.905. The molecule has 4 heteroatoms. The van der Waals surface area contributed by atoms with Crippen molar-refractivity contribution in [1.82, 2.24) is 0 Å². The molecule has 1 aromatic rings. The first-order chi connectivity index (χ1) is 8.04. The van der Waals surface area contributed by atoms with Gasteiger partial charge in [-0.1, -0.05) is 19.1 Å². The minimum Gasteiger partial charge on any atom is -0.479 e. The highest BCUT2D eigenvalue weighted by atomic mass is 16.5. The minimum absolute atomic E-state index is 0.332. The van der Waals surface area contributed by atoms with Crippen molar-refractivity contribution in [2.45, 2.75) is 26.1 Å². The van der Waals surface area contributed by atoms with Gasteiger partial charge in [-0.05, 0) is 24.1 Å². The average Bonchev–Trinajstić information content (AvgIpc) is 2.30. The molecule has 0 heterocycles. The standard InChI is InChI=1S/C13H19NO3/c1-4-12(13(15)16)17-9-10-5-7-11(8-6-10)14(2)3/h5-8,12H,4,9H2,1-3H3,(H,15,16). The highest BCUT2D eigenvalue weighted by Gasteiger charge is 2.14. The lowest BCUT2D eigenvalue weighted by Gasteiger charge is -2.14. The van der Waals surface area contributed by atoms with Crippen molar-refractivity contribution < 1.29 is 14.6 Å². The van der Waals surface area contributed by atoms with Gasteiger partial charge in [0.2, 0.25) is 0 Å². The molecule has 17 heavy (non-hydrogen) atoms. The molecule has 0 amide bonds. The molecule has 0 fully saturated rings. The predicted molar refractivity (Wildman–Crippen MR) is 67.3 cm³/mol. The van der Waals surface area contributed by atoms with Crippen LogP contribution in [0.4, 0.5) is 5.69 Å². The van der Waals surface area contributed by atoms with Crippen molar-refractivity contribution in [3.63, 3.8) is 0 Å². The lowest BCUT2D eigenvalue weighted by Crippen LogP contribution is -2.22. The summed E-state index contributed by atoms with van der Waals surface area (Å²) in [6, 6.07) is 7.87. The van der Waals surface area contributed by atoms with E-state index in [4.69, 9.17) is 9.84 Å². The highest BCUT2D eigenvalue weighted by Crippen LogP contribution is 2.13. The van der Waals surface area contributed by atoms with Gasteiger partial charge in [-0.15, -0.1) is 0 Å². The molecular weight excluding hydrogens is 218 g/mol. The fourth-order valence-electron chi connectivity index (χ4n) is 1.45. The highest BCUT2D eigenvalue weighted by molar-refractivity contribution is 5.72. The second kappa shape index (κ2) is 6.25. The number of anilines is 1. The van der Waals surface area contributed by atoms with E-state index in [0.717, 1.165) is 11.3 Å². The second-order valence-electron chi connectivity index (χ2n) is 4.11. The number of nitrogens with zero attached hydrogens (tertiary/aromatic N) is 1. The fraction of sp³-hybridized carbons (Fsp3) is 0.462. The summed E-state index contributed by atoms with van der Waals surface area (Å²) in [4.78, 5) is 12.8. The zero-order valence-corrected chi connectivity index (χ0v) is 10.5. The fourth-order valence-corrected chi connectivity index (χ4v) is 1.45. The van der Waals surface area contributed by atoms with Gasteiger partial charge < -0.3 is 14.7 Å². The van der Waals surface area contributed by atoms with E-state index in [2.05, 4.69) is 0 Å². The second-order valence-corrected chi connectivity index (χ2v) is 4.11. The Morgan fingerprint density at radius 3 is 2.35 bits per heavy atom. The molecule has 0 aliphatic rings. The number of ether oxygens (including phenoxy) is 1. The van der Waals surface area contributed by atoms with Crippen molar-refractivity contribution >= 4 is 11.7 Å². The molecule has 0 bridgehead atoms. The van der Waals surface area contributed by atoms with Crippen LogP contribution in [-0.4, -0.2) is 31.3 Å². The summed E-state index contributed by atoms with van der Waals surface area (Å²) in [6.07, 6.45) is -0.242. The van der Waals surface area contributed by atoms with Gasteiger partial charge in [-0.25, -0.2) is 4.79 Å². The van der Waals surface area contributed by atoms with Crippen molar-refractivity contribution in [1.29, 1.82) is 0 Å². The average molecular weight is 237 g/mol. The third kappa shape index (κ3) is 4.07. The largest absolute Gasteiger partial charge is 0.479 e. The number of carboxylic acids is 1. The number of hydrogen-bond donors (Lipinski definition) is 1. The number of carbonyl (C=O) groups is 1. The van der Waals surface area contributed by atoms with Crippen LogP contribution in [0.1, 0.15) is 18.9 Å². The van der Waals surface area contributed by atoms with Crippen LogP contribution < -0.4 is 4.90 Å². The summed E-state index contributed by atoms with van der Waals surface area (Å²) < 4.78 is 5.33. The lowest BCUT2D eigenvalue weighted by molar-refractivity contribution is -0.151. The monoisotopic (exact) mass is 237 g/mol. The lowest BCUT2D eigenvalue weighted by atomic mass is 10.2. The first-order valence-electron chi connectivity index (χ1n) is 5.65. The molecule has 0 saturated carbocycles. The van der Waals surface area contributed by atoms with Gasteiger partial charge in [0, 0.05) is 19.8 Å². The third-order valence-corrected chi connectivity index (χ3v) is 2.55. The number of rotatable bonds is 6. The number of hydrogen-bond acceptors (Lipinski definition) is 3. The van der Waals surface area contributed by atoms with E-state index in [1.165, 1.54) is 0 Å². The molecular formula is C13H19NO3. The van der Waals surface area contributed by atoms with Crippen LogP contribution in [0.15, 0.2) is 24.3 Å². The molecule has 1 N–H and O–H groups in total. The molecule has 1 rings (SSSR count). The first-order valence-corrected chi connectivity index (χ1v) is 5.65. The Balaban J connectivity index is 2.55. The number of benzene rings is 1. The molecule has 0 aromatic heterocycles. The summed E-state index contributed by atoms with van der Waals surface area (Å²) in [7, 11) is 3.95. The molecule has 0 aliphatic heterocycles. The molecule has 0 saturated heterocycles. The van der Waals surface area contributed by atoms with Gasteiger partial charge in [0.25, 0.3) is 0 Å². The summed E-state index contributed by atoms with van der Waals surface area (Å²) >= 11 is 0. The first kappa shape index (κ1) is 13.5. The van der Waals surface area contributed by atoms with Crippen molar-refractivity contribution in [3.8, 4) is 0 Å². The number of carboxylic acid groups (broad SMARTS) is 1. The van der Waals surface area contributed by atoms with Crippen molar-refractivity contribution in [2.24, 2.45) is 0 Å². The maximum Gasteiger partial charge on any atom is 0.332 e. The molecule has 0 radical (unpaired) electrons. The normalized spacial score (nSPS) is 12.2. The SMILES string of the molecule is CCC(OCc1ccc(N(C)C)cc1)C(=O)O. The predicted octanol–water partition coefficient (Wildman–Crippen LogP) is 2.13. The topological polar surface area (TPSA) is 49.8 Å². The van der Waals surface area contributed by atoms with E-state index < -0.39 is 12.1 Å². The Kier molecular flexibility index (Phi) is 4.97. The number of aliphatic carboxylic acids is 1. The molecule has 0 spiro atoms. The molecule has 4 nitrogen and oxygen atoms in total. The quantitative estimate of drug-likeness (QED) is 0.823. The molecule has 94 valence electrons. The molecule has 1 atom stereocenters. The van der Waals surface area contributed by atoms with Crippen molar-refractivity contribution in [3.05, 3.63) is 29.8 Å². The zero-order valence-electron chi connectivity index (χ0n) is 10.5. The van der Waals surface area contributed by atoms with Crippen LogP contribution in [0, 0.1) is 0 Å².